The van der Waals surface area contributed by atoms with E-state index in [2.05, 4.69) is 5.32 Å². The van der Waals surface area contributed by atoms with Gasteiger partial charge in [-0.25, -0.2) is 12.8 Å². The predicted octanol–water partition coefficient (Wildman–Crippen LogP) is 2.36. The molecule has 0 aliphatic carbocycles. The third-order valence-electron chi connectivity index (χ3n) is 3.84. The molecule has 1 aromatic carbocycles. The molecule has 1 N–H and O–H groups in total. The van der Waals surface area contributed by atoms with Crippen molar-refractivity contribution in [2.75, 3.05) is 19.6 Å². The molecule has 0 atom stereocenters. The van der Waals surface area contributed by atoms with E-state index in [1.807, 2.05) is 20.8 Å². The summed E-state index contributed by atoms with van der Waals surface area (Å²) in [6.45, 7) is 8.22. The van der Waals surface area contributed by atoms with Crippen molar-refractivity contribution in [1.82, 2.24) is 9.62 Å². The number of benzene rings is 1. The van der Waals surface area contributed by atoms with E-state index in [4.69, 9.17) is 0 Å². The average molecular weight is 314 g/mol. The lowest BCUT2D eigenvalue weighted by Gasteiger charge is -2.20. The summed E-state index contributed by atoms with van der Waals surface area (Å²) in [5, 5.41) is 3.09. The van der Waals surface area contributed by atoms with Gasteiger partial charge in [-0.1, -0.05) is 26.8 Å². The topological polar surface area (TPSA) is 49.4 Å². The Bertz CT molecular complexity index is 614. The maximum Gasteiger partial charge on any atom is 0.246 e. The molecule has 0 unspecified atom stereocenters. The first-order valence-electron chi connectivity index (χ1n) is 7.25. The largest absolute Gasteiger partial charge is 0.313 e. The summed E-state index contributed by atoms with van der Waals surface area (Å²) in [5.74, 6) is -0.671. The van der Waals surface area contributed by atoms with Crippen molar-refractivity contribution in [3.05, 3.63) is 29.6 Å². The molecule has 1 saturated heterocycles. The van der Waals surface area contributed by atoms with Crippen molar-refractivity contribution in [3.63, 3.8) is 0 Å². The molecule has 4 nitrogen and oxygen atoms in total. The summed E-state index contributed by atoms with van der Waals surface area (Å²) in [6.07, 6.45) is 0.798. The second-order valence-electron chi connectivity index (χ2n) is 6.30. The van der Waals surface area contributed by atoms with Crippen molar-refractivity contribution in [2.24, 2.45) is 5.41 Å². The van der Waals surface area contributed by atoms with Crippen LogP contribution in [0.15, 0.2) is 23.1 Å². The maximum absolute atomic E-state index is 14.2. The van der Waals surface area contributed by atoms with Gasteiger partial charge >= 0.3 is 0 Å². The molecule has 118 valence electrons. The van der Waals surface area contributed by atoms with Crippen LogP contribution in [0, 0.1) is 11.2 Å². The third kappa shape index (κ3) is 3.62. The molecular formula is C15H23FN2O2S. The molecule has 21 heavy (non-hydrogen) atoms. The highest BCUT2D eigenvalue weighted by Gasteiger charge is 2.37. The number of hydrogen-bond donors (Lipinski definition) is 1. The molecule has 2 rings (SSSR count). The lowest BCUT2D eigenvalue weighted by Crippen LogP contribution is -2.31. The van der Waals surface area contributed by atoms with Gasteiger partial charge in [-0.3, -0.25) is 0 Å². The van der Waals surface area contributed by atoms with Crippen LogP contribution in [0.1, 0.15) is 32.8 Å². The highest BCUT2D eigenvalue weighted by Crippen LogP contribution is 2.33. The second-order valence-corrected chi connectivity index (χ2v) is 8.20. The van der Waals surface area contributed by atoms with Gasteiger partial charge in [0.1, 0.15) is 10.7 Å². The van der Waals surface area contributed by atoms with Crippen LogP contribution < -0.4 is 5.32 Å². The van der Waals surface area contributed by atoms with Crippen LogP contribution in [0.2, 0.25) is 0 Å². The van der Waals surface area contributed by atoms with Gasteiger partial charge in [0, 0.05) is 19.6 Å². The fourth-order valence-electron chi connectivity index (χ4n) is 2.54. The lowest BCUT2D eigenvalue weighted by atomic mass is 9.93. The summed E-state index contributed by atoms with van der Waals surface area (Å²) >= 11 is 0. The minimum absolute atomic E-state index is 0.0471. The van der Waals surface area contributed by atoms with E-state index in [-0.39, 0.29) is 10.3 Å². The summed E-state index contributed by atoms with van der Waals surface area (Å²) < 4.78 is 40.6. The molecule has 0 aromatic heterocycles. The first-order valence-corrected chi connectivity index (χ1v) is 8.69. The molecule has 1 aliphatic rings. The van der Waals surface area contributed by atoms with Crippen LogP contribution >= 0.6 is 0 Å². The van der Waals surface area contributed by atoms with Gasteiger partial charge in [-0.05, 0) is 36.1 Å². The minimum atomic E-state index is -3.74. The van der Waals surface area contributed by atoms with Gasteiger partial charge < -0.3 is 5.32 Å². The standard InChI is InChI=1S/C15H23FN2O2S/c1-4-17-10-12-5-6-14(13(16)9-12)21(19,20)18-8-7-15(2,3)11-18/h5-6,9,17H,4,7-8,10-11H2,1-3H3. The third-order valence-corrected chi connectivity index (χ3v) is 5.71. The van der Waals surface area contributed by atoms with E-state index in [0.29, 0.717) is 19.6 Å². The highest BCUT2D eigenvalue weighted by molar-refractivity contribution is 7.89. The Hall–Kier alpha value is -0.980. The summed E-state index contributed by atoms with van der Waals surface area (Å²) in [4.78, 5) is -0.222. The first kappa shape index (κ1) is 16.4. The van der Waals surface area contributed by atoms with E-state index in [0.717, 1.165) is 18.5 Å². The van der Waals surface area contributed by atoms with Crippen molar-refractivity contribution >= 4 is 10.0 Å². The van der Waals surface area contributed by atoms with E-state index < -0.39 is 15.8 Å². The minimum Gasteiger partial charge on any atom is -0.313 e. The quantitative estimate of drug-likeness (QED) is 0.907. The first-order chi connectivity index (χ1) is 9.76. The van der Waals surface area contributed by atoms with E-state index in [1.165, 1.54) is 16.4 Å². The highest BCUT2D eigenvalue weighted by atomic mass is 32.2. The van der Waals surface area contributed by atoms with Gasteiger partial charge in [-0.15, -0.1) is 0 Å². The summed E-state index contributed by atoms with van der Waals surface area (Å²) in [7, 11) is -3.74. The van der Waals surface area contributed by atoms with Crippen LogP contribution in [0.4, 0.5) is 4.39 Å². The average Bonchev–Trinajstić information content (AvgIpc) is 2.77. The Kier molecular flexibility index (Phi) is 4.70. The maximum atomic E-state index is 14.2. The molecular weight excluding hydrogens is 291 g/mol. The van der Waals surface area contributed by atoms with E-state index in [9.17, 15) is 12.8 Å². The molecule has 0 spiro atoms. The van der Waals surface area contributed by atoms with Crippen LogP contribution in [0.5, 0.6) is 0 Å². The van der Waals surface area contributed by atoms with Gasteiger partial charge in [-0.2, -0.15) is 4.31 Å². The molecule has 0 radical (unpaired) electrons. The Balaban J connectivity index is 2.25. The zero-order valence-electron chi connectivity index (χ0n) is 12.8. The van der Waals surface area contributed by atoms with Crippen LogP contribution in [-0.2, 0) is 16.6 Å². The summed E-state index contributed by atoms with van der Waals surface area (Å²) in [5.41, 5.74) is 0.698. The SMILES string of the molecule is CCNCc1ccc(S(=O)(=O)N2CCC(C)(C)C2)c(F)c1. The van der Waals surface area contributed by atoms with Crippen molar-refractivity contribution in [1.29, 1.82) is 0 Å². The molecule has 0 saturated carbocycles. The van der Waals surface area contributed by atoms with E-state index in [1.54, 1.807) is 6.07 Å². The number of nitrogens with one attached hydrogen (secondary N) is 1. The molecule has 1 aliphatic heterocycles. The second kappa shape index (κ2) is 6.02. The summed E-state index contributed by atoms with van der Waals surface area (Å²) in [6, 6.07) is 4.35. The van der Waals surface area contributed by atoms with Gasteiger partial charge in [0.25, 0.3) is 0 Å². The number of rotatable bonds is 5. The number of halogens is 1. The molecule has 1 fully saturated rings. The molecule has 1 heterocycles. The number of sulfonamides is 1. The Morgan fingerprint density at radius 2 is 2.10 bits per heavy atom. The van der Waals surface area contributed by atoms with E-state index >= 15 is 0 Å². The molecule has 0 bridgehead atoms. The Morgan fingerprint density at radius 1 is 1.38 bits per heavy atom. The van der Waals surface area contributed by atoms with Crippen LogP contribution in [-0.4, -0.2) is 32.4 Å². The lowest BCUT2D eigenvalue weighted by molar-refractivity contribution is 0.374. The Morgan fingerprint density at radius 3 is 2.62 bits per heavy atom. The van der Waals surface area contributed by atoms with Crippen molar-refractivity contribution in [3.8, 4) is 0 Å². The van der Waals surface area contributed by atoms with Crippen LogP contribution in [0.25, 0.3) is 0 Å². The normalized spacial score (nSPS) is 19.0. The zero-order chi connectivity index (χ0) is 15.7. The smallest absolute Gasteiger partial charge is 0.246 e. The molecule has 1 aromatic rings. The van der Waals surface area contributed by atoms with Crippen LogP contribution in [0.3, 0.4) is 0 Å². The van der Waals surface area contributed by atoms with Crippen molar-refractivity contribution in [2.45, 2.75) is 38.6 Å². The van der Waals surface area contributed by atoms with Gasteiger partial charge in [0.15, 0.2) is 0 Å². The Labute approximate surface area is 126 Å². The number of hydrogen-bond acceptors (Lipinski definition) is 3. The molecule has 0 amide bonds. The predicted molar refractivity (Wildman–Crippen MR) is 80.9 cm³/mol. The fourth-order valence-corrected chi connectivity index (χ4v) is 4.21. The van der Waals surface area contributed by atoms with Gasteiger partial charge in [0.2, 0.25) is 10.0 Å². The van der Waals surface area contributed by atoms with Gasteiger partial charge in [0.05, 0.1) is 0 Å². The van der Waals surface area contributed by atoms with Crippen molar-refractivity contribution < 1.29 is 12.8 Å². The molecule has 6 heteroatoms. The fraction of sp³-hybridized carbons (Fsp3) is 0.600. The number of nitrogens with zero attached hydrogens (tertiary/aromatic N) is 1. The zero-order valence-corrected chi connectivity index (χ0v) is 13.6. The monoisotopic (exact) mass is 314 g/mol.